The molecule has 106 valence electrons. The molecule has 1 aliphatic heterocycles. The second-order valence-corrected chi connectivity index (χ2v) is 6.74. The van der Waals surface area contributed by atoms with Gasteiger partial charge in [0, 0.05) is 18.2 Å². The van der Waals surface area contributed by atoms with Crippen molar-refractivity contribution in [2.24, 2.45) is 11.7 Å². The maximum absolute atomic E-state index is 6.46. The summed E-state index contributed by atoms with van der Waals surface area (Å²) in [5.74, 6) is 0.501. The molecule has 1 saturated heterocycles. The van der Waals surface area contributed by atoms with E-state index in [1.165, 1.54) is 32.1 Å². The number of halogens is 1. The van der Waals surface area contributed by atoms with Gasteiger partial charge in [-0.3, -0.25) is 0 Å². The Labute approximate surface area is 123 Å². The van der Waals surface area contributed by atoms with Gasteiger partial charge in [-0.2, -0.15) is 0 Å². The van der Waals surface area contributed by atoms with Gasteiger partial charge in [0.25, 0.3) is 0 Å². The number of hydrogen-bond acceptors (Lipinski definition) is 3. The van der Waals surface area contributed by atoms with Crippen molar-refractivity contribution in [3.8, 4) is 0 Å². The molecule has 19 heavy (non-hydrogen) atoms. The molecule has 1 aromatic heterocycles. The molecule has 2 heterocycles. The smallest absolute Gasteiger partial charge is 0.173 e. The molecule has 0 bridgehead atoms. The molecular weight excluding hydrogens is 306 g/mol. The van der Waals surface area contributed by atoms with Gasteiger partial charge in [0.05, 0.1) is 11.9 Å². The Morgan fingerprint density at radius 3 is 2.79 bits per heavy atom. The molecule has 0 radical (unpaired) electrons. The maximum Gasteiger partial charge on any atom is 0.173 e. The molecule has 0 amide bonds. The van der Waals surface area contributed by atoms with Crippen LogP contribution >= 0.6 is 15.9 Å². The van der Waals surface area contributed by atoms with Crippen LogP contribution in [0.25, 0.3) is 0 Å². The van der Waals surface area contributed by atoms with Crippen LogP contribution in [0.15, 0.2) is 21.4 Å². The summed E-state index contributed by atoms with van der Waals surface area (Å²) >= 11 is 3.44. The third kappa shape index (κ3) is 2.76. The van der Waals surface area contributed by atoms with Gasteiger partial charge in [-0.25, -0.2) is 0 Å². The first-order valence-corrected chi connectivity index (χ1v) is 8.12. The number of ether oxygens (including phenoxy) is 1. The number of hydrogen-bond donors (Lipinski definition) is 1. The third-order valence-electron chi connectivity index (χ3n) is 4.81. The number of furan rings is 1. The monoisotopic (exact) mass is 327 g/mol. The Bertz CT molecular complexity index is 420. The minimum Gasteiger partial charge on any atom is -0.457 e. The number of nitrogens with two attached hydrogens (primary N) is 1. The topological polar surface area (TPSA) is 48.4 Å². The molecule has 4 heteroatoms. The summed E-state index contributed by atoms with van der Waals surface area (Å²) in [6.45, 7) is 0.855. The van der Waals surface area contributed by atoms with E-state index in [0.717, 1.165) is 29.7 Å². The lowest BCUT2D eigenvalue weighted by molar-refractivity contribution is -0.120. The largest absolute Gasteiger partial charge is 0.457 e. The lowest BCUT2D eigenvalue weighted by Crippen LogP contribution is -2.44. The Morgan fingerprint density at radius 2 is 2.11 bits per heavy atom. The zero-order chi connectivity index (χ0) is 13.3. The molecule has 2 fully saturated rings. The molecule has 2 unspecified atom stereocenters. The molecule has 2 N–H and O–H groups in total. The molecule has 1 aromatic rings. The van der Waals surface area contributed by atoms with E-state index >= 15 is 0 Å². The number of rotatable bonds is 2. The van der Waals surface area contributed by atoms with Crippen LogP contribution in [0.5, 0.6) is 0 Å². The molecule has 1 aliphatic carbocycles. The van der Waals surface area contributed by atoms with Crippen molar-refractivity contribution >= 4 is 15.9 Å². The second-order valence-electron chi connectivity index (χ2n) is 6.02. The predicted molar refractivity (Wildman–Crippen MR) is 77.8 cm³/mol. The van der Waals surface area contributed by atoms with E-state index in [1.807, 2.05) is 6.07 Å². The first-order valence-electron chi connectivity index (χ1n) is 7.33. The van der Waals surface area contributed by atoms with E-state index in [9.17, 15) is 0 Å². The summed E-state index contributed by atoms with van der Waals surface area (Å²) in [5.41, 5.74) is 7.67. The summed E-state index contributed by atoms with van der Waals surface area (Å²) in [6, 6.07) is 2.04. The highest BCUT2D eigenvalue weighted by molar-refractivity contribution is 9.10. The maximum atomic E-state index is 6.46. The summed E-state index contributed by atoms with van der Waals surface area (Å²) in [6.07, 6.45) is 10.2. The van der Waals surface area contributed by atoms with E-state index in [4.69, 9.17) is 14.9 Å². The molecule has 0 aromatic carbocycles. The third-order valence-corrected chi connectivity index (χ3v) is 5.45. The van der Waals surface area contributed by atoms with Crippen molar-refractivity contribution in [3.63, 3.8) is 0 Å². The zero-order valence-corrected chi connectivity index (χ0v) is 12.8. The van der Waals surface area contributed by atoms with Crippen molar-refractivity contribution in [1.29, 1.82) is 0 Å². The average Bonchev–Trinajstić information content (AvgIpc) is 2.85. The molecule has 1 spiro atoms. The van der Waals surface area contributed by atoms with Gasteiger partial charge in [-0.05, 0) is 53.6 Å². The average molecular weight is 328 g/mol. The van der Waals surface area contributed by atoms with Gasteiger partial charge in [0.15, 0.2) is 4.67 Å². The van der Waals surface area contributed by atoms with Crippen LogP contribution in [0, 0.1) is 5.92 Å². The van der Waals surface area contributed by atoms with Crippen molar-refractivity contribution < 1.29 is 9.15 Å². The Kier molecular flexibility index (Phi) is 4.01. The summed E-state index contributed by atoms with van der Waals surface area (Å²) in [5, 5.41) is 0. The SMILES string of the molecule is NC(c1ccoc1Br)C1CCOC2(CCCCC2)C1. The molecule has 3 nitrogen and oxygen atoms in total. The Morgan fingerprint density at radius 1 is 1.32 bits per heavy atom. The van der Waals surface area contributed by atoms with Crippen LogP contribution in [0.4, 0.5) is 0 Å². The zero-order valence-electron chi connectivity index (χ0n) is 11.2. The second kappa shape index (κ2) is 5.58. The van der Waals surface area contributed by atoms with Crippen LogP contribution < -0.4 is 5.73 Å². The quantitative estimate of drug-likeness (QED) is 0.886. The van der Waals surface area contributed by atoms with Crippen LogP contribution in [0.2, 0.25) is 0 Å². The first-order chi connectivity index (χ1) is 9.20. The van der Waals surface area contributed by atoms with Gasteiger partial charge in [-0.1, -0.05) is 19.3 Å². The Hall–Kier alpha value is -0.320. The van der Waals surface area contributed by atoms with Crippen molar-refractivity contribution in [2.75, 3.05) is 6.61 Å². The fraction of sp³-hybridized carbons (Fsp3) is 0.733. The van der Waals surface area contributed by atoms with E-state index in [0.29, 0.717) is 5.92 Å². The fourth-order valence-electron chi connectivity index (χ4n) is 3.71. The molecule has 2 aliphatic rings. The molecular formula is C15H22BrNO2. The summed E-state index contributed by atoms with van der Waals surface area (Å²) in [4.78, 5) is 0. The minimum absolute atomic E-state index is 0.0517. The lowest BCUT2D eigenvalue weighted by atomic mass is 9.73. The van der Waals surface area contributed by atoms with Crippen molar-refractivity contribution in [3.05, 3.63) is 22.6 Å². The predicted octanol–water partition coefficient (Wildman–Crippen LogP) is 4.17. The van der Waals surface area contributed by atoms with Gasteiger partial charge in [0.2, 0.25) is 0 Å². The van der Waals surface area contributed by atoms with Crippen molar-refractivity contribution in [2.45, 2.75) is 56.6 Å². The highest BCUT2D eigenvalue weighted by atomic mass is 79.9. The van der Waals surface area contributed by atoms with Crippen LogP contribution in [-0.4, -0.2) is 12.2 Å². The van der Waals surface area contributed by atoms with Gasteiger partial charge >= 0.3 is 0 Å². The van der Waals surface area contributed by atoms with E-state index in [-0.39, 0.29) is 11.6 Å². The summed E-state index contributed by atoms with van der Waals surface area (Å²) < 4.78 is 12.2. The van der Waals surface area contributed by atoms with E-state index < -0.39 is 0 Å². The first kappa shape index (κ1) is 13.7. The van der Waals surface area contributed by atoms with Crippen LogP contribution in [0.3, 0.4) is 0 Å². The summed E-state index contributed by atoms with van der Waals surface area (Å²) in [7, 11) is 0. The van der Waals surface area contributed by atoms with Gasteiger partial charge < -0.3 is 14.9 Å². The highest BCUT2D eigenvalue weighted by Gasteiger charge is 2.40. The Balaban J connectivity index is 1.72. The van der Waals surface area contributed by atoms with Crippen LogP contribution in [-0.2, 0) is 4.74 Å². The highest BCUT2D eigenvalue weighted by Crippen LogP contribution is 2.44. The fourth-order valence-corrected chi connectivity index (χ4v) is 4.22. The molecule has 3 rings (SSSR count). The molecule has 1 saturated carbocycles. The molecule has 2 atom stereocenters. The van der Waals surface area contributed by atoms with Crippen LogP contribution in [0.1, 0.15) is 56.6 Å². The van der Waals surface area contributed by atoms with E-state index in [1.54, 1.807) is 6.26 Å². The normalized spacial score (nSPS) is 28.4. The van der Waals surface area contributed by atoms with Crippen molar-refractivity contribution in [1.82, 2.24) is 0 Å². The minimum atomic E-state index is 0.0517. The standard InChI is InChI=1S/C15H22BrNO2/c16-14-12(5-8-18-14)13(17)11-4-9-19-15(10-11)6-2-1-3-7-15/h5,8,11,13H,1-4,6-7,9-10,17H2. The van der Waals surface area contributed by atoms with Gasteiger partial charge in [0.1, 0.15) is 0 Å². The lowest BCUT2D eigenvalue weighted by Gasteiger charge is -2.45. The van der Waals surface area contributed by atoms with Gasteiger partial charge in [-0.15, -0.1) is 0 Å². The van der Waals surface area contributed by atoms with E-state index in [2.05, 4.69) is 15.9 Å².